The normalized spacial score (nSPS) is 13.2. The molecule has 0 unspecified atom stereocenters. The van der Waals surface area contributed by atoms with E-state index in [1.54, 1.807) is 30.0 Å². The Bertz CT molecular complexity index is 1150. The summed E-state index contributed by atoms with van der Waals surface area (Å²) in [7, 11) is -3.43. The summed E-state index contributed by atoms with van der Waals surface area (Å²) >= 11 is 0. The Hall–Kier alpha value is -3.12. The molecule has 1 aliphatic rings. The molecular weight excluding hydrogens is 384 g/mol. The van der Waals surface area contributed by atoms with Gasteiger partial charge in [0.15, 0.2) is 0 Å². The van der Waals surface area contributed by atoms with Crippen molar-refractivity contribution in [3.63, 3.8) is 0 Å². The van der Waals surface area contributed by atoms with Crippen molar-refractivity contribution >= 4 is 21.6 Å². The lowest BCUT2D eigenvalue weighted by atomic mass is 9.97. The number of nitrogens with one attached hydrogen (secondary N) is 1. The van der Waals surface area contributed by atoms with E-state index in [4.69, 9.17) is 0 Å². The van der Waals surface area contributed by atoms with Gasteiger partial charge in [-0.15, -0.1) is 0 Å². The highest BCUT2D eigenvalue weighted by atomic mass is 32.2. The first-order valence-electron chi connectivity index (χ1n) is 9.36. The first-order chi connectivity index (χ1) is 13.8. The fourth-order valence-electron chi connectivity index (χ4n) is 3.70. The van der Waals surface area contributed by atoms with E-state index in [1.165, 1.54) is 0 Å². The molecule has 1 amide bonds. The fraction of sp³-hybridized carbons (Fsp3) is 0.174. The van der Waals surface area contributed by atoms with Crippen LogP contribution in [0.3, 0.4) is 0 Å². The average molecular weight is 407 g/mol. The molecule has 0 aromatic heterocycles. The number of amides is 1. The minimum Gasteiger partial charge on any atom is -0.330 e. The highest BCUT2D eigenvalue weighted by Crippen LogP contribution is 2.33. The number of aryl methyl sites for hydroxylation is 1. The summed E-state index contributed by atoms with van der Waals surface area (Å²) in [6.45, 7) is 2.79. The van der Waals surface area contributed by atoms with Crippen molar-refractivity contribution in [3.8, 4) is 11.1 Å². The number of carbonyl (C=O) groups excluding carboxylic acids is 1. The van der Waals surface area contributed by atoms with Crippen LogP contribution in [-0.4, -0.2) is 25.5 Å². The summed E-state index contributed by atoms with van der Waals surface area (Å²) < 4.78 is 25.8. The zero-order valence-electron chi connectivity index (χ0n) is 16.3. The fourth-order valence-corrected chi connectivity index (χ4v) is 4.32. The first-order valence-corrected chi connectivity index (χ1v) is 11.2. The van der Waals surface area contributed by atoms with E-state index < -0.39 is 10.0 Å². The third kappa shape index (κ3) is 4.03. The van der Waals surface area contributed by atoms with Gasteiger partial charge in [0.1, 0.15) is 0 Å². The number of rotatable bonds is 3. The average Bonchev–Trinajstić information content (AvgIpc) is 2.85. The zero-order valence-corrected chi connectivity index (χ0v) is 17.2. The van der Waals surface area contributed by atoms with Gasteiger partial charge in [-0.3, -0.25) is 9.52 Å². The van der Waals surface area contributed by atoms with Gasteiger partial charge in [-0.05, 0) is 46.9 Å². The van der Waals surface area contributed by atoms with E-state index in [1.807, 2.05) is 36.4 Å². The number of carbonyl (C=O) groups is 1. The minimum atomic E-state index is -3.43. The molecule has 0 aliphatic carbocycles. The highest BCUT2D eigenvalue weighted by molar-refractivity contribution is 7.92. The summed E-state index contributed by atoms with van der Waals surface area (Å²) in [6.07, 6.45) is 1.10. The van der Waals surface area contributed by atoms with Crippen molar-refractivity contribution in [3.05, 3.63) is 89.0 Å². The van der Waals surface area contributed by atoms with Crippen LogP contribution in [0.1, 0.15) is 27.0 Å². The second kappa shape index (κ2) is 7.37. The van der Waals surface area contributed by atoms with E-state index in [0.29, 0.717) is 24.3 Å². The Morgan fingerprint density at radius 2 is 1.45 bits per heavy atom. The Morgan fingerprint density at radius 1 is 0.897 bits per heavy atom. The maximum absolute atomic E-state index is 13.3. The summed E-state index contributed by atoms with van der Waals surface area (Å²) in [5, 5.41) is 0. The standard InChI is InChI=1S/C23H22N2O3S/c1-16-11-12-17(13-22(16)24-29(2,27)28)23(26)25-14-18-7-3-5-9-20(18)21-10-6-4-8-19(21)15-25/h3-13,24H,14-15H2,1-2H3. The maximum atomic E-state index is 13.3. The van der Waals surface area contributed by atoms with Crippen molar-refractivity contribution < 1.29 is 13.2 Å². The van der Waals surface area contributed by atoms with Gasteiger partial charge in [0.05, 0.1) is 11.9 Å². The number of benzene rings is 3. The van der Waals surface area contributed by atoms with Gasteiger partial charge in [-0.25, -0.2) is 8.42 Å². The van der Waals surface area contributed by atoms with Crippen molar-refractivity contribution in [1.82, 2.24) is 4.90 Å². The van der Waals surface area contributed by atoms with Crippen molar-refractivity contribution in [2.24, 2.45) is 0 Å². The lowest BCUT2D eigenvalue weighted by molar-refractivity contribution is 0.0732. The summed E-state index contributed by atoms with van der Waals surface area (Å²) in [4.78, 5) is 15.2. The molecule has 1 aliphatic heterocycles. The molecule has 0 radical (unpaired) electrons. The lowest BCUT2D eigenvalue weighted by Crippen LogP contribution is -2.29. The zero-order chi connectivity index (χ0) is 20.6. The molecule has 29 heavy (non-hydrogen) atoms. The Kier molecular flexibility index (Phi) is 4.88. The smallest absolute Gasteiger partial charge is 0.254 e. The van der Waals surface area contributed by atoms with Gasteiger partial charge in [-0.2, -0.15) is 0 Å². The van der Waals surface area contributed by atoms with Gasteiger partial charge >= 0.3 is 0 Å². The van der Waals surface area contributed by atoms with Crippen LogP contribution >= 0.6 is 0 Å². The second-order valence-corrected chi connectivity index (χ2v) is 9.13. The van der Waals surface area contributed by atoms with Crippen LogP contribution in [0.25, 0.3) is 11.1 Å². The largest absolute Gasteiger partial charge is 0.330 e. The molecule has 0 saturated heterocycles. The van der Waals surface area contributed by atoms with Crippen molar-refractivity contribution in [1.29, 1.82) is 0 Å². The Labute approximate surface area is 171 Å². The van der Waals surface area contributed by atoms with Crippen LogP contribution in [0.5, 0.6) is 0 Å². The number of hydrogen-bond acceptors (Lipinski definition) is 3. The molecule has 0 atom stereocenters. The van der Waals surface area contributed by atoms with Crippen molar-refractivity contribution in [2.75, 3.05) is 11.0 Å². The number of hydrogen-bond donors (Lipinski definition) is 1. The van der Waals surface area contributed by atoms with Gasteiger partial charge in [0.25, 0.3) is 5.91 Å². The Morgan fingerprint density at radius 3 is 2.00 bits per heavy atom. The van der Waals surface area contributed by atoms with Crippen LogP contribution in [0.4, 0.5) is 5.69 Å². The van der Waals surface area contributed by atoms with Gasteiger partial charge in [0.2, 0.25) is 10.0 Å². The summed E-state index contributed by atoms with van der Waals surface area (Å²) in [5.74, 6) is -0.131. The molecule has 148 valence electrons. The van der Waals surface area contributed by atoms with E-state index in [0.717, 1.165) is 34.1 Å². The predicted molar refractivity (Wildman–Crippen MR) is 115 cm³/mol. The van der Waals surface area contributed by atoms with Crippen LogP contribution in [-0.2, 0) is 23.1 Å². The van der Waals surface area contributed by atoms with Crippen LogP contribution in [0.15, 0.2) is 66.7 Å². The van der Waals surface area contributed by atoms with Crippen LogP contribution in [0, 0.1) is 6.92 Å². The molecule has 3 aromatic carbocycles. The molecule has 0 spiro atoms. The molecule has 0 fully saturated rings. The topological polar surface area (TPSA) is 66.5 Å². The van der Waals surface area contributed by atoms with E-state index >= 15 is 0 Å². The number of fused-ring (bicyclic) bond motifs is 3. The number of anilines is 1. The van der Waals surface area contributed by atoms with Gasteiger partial charge in [-0.1, -0.05) is 54.6 Å². The molecule has 6 heteroatoms. The predicted octanol–water partition coefficient (Wildman–Crippen LogP) is 4.19. The van der Waals surface area contributed by atoms with Gasteiger partial charge in [0, 0.05) is 18.7 Å². The Balaban J connectivity index is 1.73. The summed E-state index contributed by atoms with van der Waals surface area (Å²) in [6, 6.07) is 21.4. The molecule has 3 aromatic rings. The minimum absolute atomic E-state index is 0.131. The highest BCUT2D eigenvalue weighted by Gasteiger charge is 2.24. The monoisotopic (exact) mass is 406 g/mol. The maximum Gasteiger partial charge on any atom is 0.254 e. The number of nitrogens with zero attached hydrogens (tertiary/aromatic N) is 1. The third-order valence-electron chi connectivity index (χ3n) is 5.11. The van der Waals surface area contributed by atoms with Crippen LogP contribution in [0.2, 0.25) is 0 Å². The second-order valence-electron chi connectivity index (χ2n) is 7.38. The molecular formula is C23H22N2O3S. The molecule has 5 nitrogen and oxygen atoms in total. The van der Waals surface area contributed by atoms with Gasteiger partial charge < -0.3 is 4.90 Å². The quantitative estimate of drug-likeness (QED) is 0.709. The molecule has 1 heterocycles. The van der Waals surface area contributed by atoms with Crippen LogP contribution < -0.4 is 4.72 Å². The number of sulfonamides is 1. The lowest BCUT2D eigenvalue weighted by Gasteiger charge is -2.22. The van der Waals surface area contributed by atoms with E-state index in [9.17, 15) is 13.2 Å². The SMILES string of the molecule is Cc1ccc(C(=O)N2Cc3ccccc3-c3ccccc3C2)cc1NS(C)(=O)=O. The van der Waals surface area contributed by atoms with E-state index in [-0.39, 0.29) is 5.91 Å². The van der Waals surface area contributed by atoms with Crippen molar-refractivity contribution in [2.45, 2.75) is 20.0 Å². The first kappa shape index (κ1) is 19.2. The van der Waals surface area contributed by atoms with E-state index in [2.05, 4.69) is 16.9 Å². The molecule has 0 bridgehead atoms. The molecule has 1 N–H and O–H groups in total. The molecule has 4 rings (SSSR count). The molecule has 0 saturated carbocycles. The third-order valence-corrected chi connectivity index (χ3v) is 5.71. The summed E-state index contributed by atoms with van der Waals surface area (Å²) in [5.41, 5.74) is 6.11.